The van der Waals surface area contributed by atoms with Gasteiger partial charge in [-0.3, -0.25) is 19.7 Å². The molecule has 0 radical (unpaired) electrons. The fourth-order valence-electron chi connectivity index (χ4n) is 6.63. The summed E-state index contributed by atoms with van der Waals surface area (Å²) in [4.78, 5) is 29.3. The van der Waals surface area contributed by atoms with Crippen LogP contribution in [0, 0.1) is 13.8 Å². The van der Waals surface area contributed by atoms with Crippen molar-refractivity contribution >= 4 is 22.3 Å². The second kappa shape index (κ2) is 12.2. The highest BCUT2D eigenvalue weighted by Gasteiger charge is 2.42. The van der Waals surface area contributed by atoms with Gasteiger partial charge in [-0.25, -0.2) is 8.78 Å². The van der Waals surface area contributed by atoms with Gasteiger partial charge in [0.2, 0.25) is 0 Å². The molecule has 2 N–H and O–H groups in total. The summed E-state index contributed by atoms with van der Waals surface area (Å²) in [5.74, 6) is -2.95. The van der Waals surface area contributed by atoms with E-state index in [2.05, 4.69) is 31.9 Å². The smallest absolute Gasteiger partial charge is 0.280 e. The van der Waals surface area contributed by atoms with Crippen LogP contribution in [0.25, 0.3) is 10.9 Å². The Balaban J connectivity index is 1.30. The van der Waals surface area contributed by atoms with Crippen molar-refractivity contribution < 1.29 is 8.78 Å². The third kappa shape index (κ3) is 6.32. The largest absolute Gasteiger partial charge is 0.369 e. The fourth-order valence-corrected chi connectivity index (χ4v) is 6.63. The van der Waals surface area contributed by atoms with Crippen LogP contribution in [0.1, 0.15) is 41.8 Å². The van der Waals surface area contributed by atoms with E-state index in [1.165, 1.54) is 0 Å². The number of piperidine rings is 2. The fraction of sp³-hybridized carbons (Fsp3) is 0.441. The molecule has 44 heavy (non-hydrogen) atoms. The molecule has 0 amide bonds. The third-order valence-corrected chi connectivity index (χ3v) is 9.16. The number of aryl methyl sites for hydroxylation is 3. The highest BCUT2D eigenvalue weighted by atomic mass is 19.3. The van der Waals surface area contributed by atoms with E-state index in [9.17, 15) is 13.6 Å². The maximum atomic E-state index is 14.4. The van der Waals surface area contributed by atoms with Crippen LogP contribution >= 0.6 is 0 Å². The van der Waals surface area contributed by atoms with Crippen molar-refractivity contribution in [1.29, 1.82) is 0 Å². The summed E-state index contributed by atoms with van der Waals surface area (Å²) in [7, 11) is 1.92. The molecule has 3 aromatic heterocycles. The first-order valence-electron chi connectivity index (χ1n) is 15.4. The van der Waals surface area contributed by atoms with E-state index < -0.39 is 18.5 Å². The number of nitrogens with zero attached hydrogens (tertiary/aromatic N) is 6. The van der Waals surface area contributed by atoms with Gasteiger partial charge in [-0.1, -0.05) is 0 Å². The Kier molecular flexibility index (Phi) is 8.39. The van der Waals surface area contributed by atoms with Crippen molar-refractivity contribution in [3.05, 3.63) is 93.8 Å². The molecule has 0 unspecified atom stereocenters. The first-order valence-corrected chi connectivity index (χ1v) is 15.4. The number of nitrogens with two attached hydrogens (primary N) is 1. The van der Waals surface area contributed by atoms with E-state index >= 15 is 0 Å². The Labute approximate surface area is 257 Å². The lowest BCUT2D eigenvalue weighted by atomic mass is 10.0. The Hall–Kier alpha value is -3.89. The summed E-state index contributed by atoms with van der Waals surface area (Å²) < 4.78 is 30.7. The van der Waals surface area contributed by atoms with E-state index in [-0.39, 0.29) is 17.9 Å². The zero-order valence-corrected chi connectivity index (χ0v) is 25.7. The van der Waals surface area contributed by atoms with Gasteiger partial charge < -0.3 is 20.1 Å². The first kappa shape index (κ1) is 30.1. The zero-order chi connectivity index (χ0) is 31.0. The molecule has 0 bridgehead atoms. The van der Waals surface area contributed by atoms with E-state index in [1.54, 1.807) is 17.0 Å². The molecule has 0 spiro atoms. The van der Waals surface area contributed by atoms with E-state index in [0.29, 0.717) is 36.3 Å². The molecule has 8 nitrogen and oxygen atoms in total. The molecular formula is C34H41F2N7O. The van der Waals surface area contributed by atoms with Gasteiger partial charge in [0.25, 0.3) is 5.92 Å². The highest BCUT2D eigenvalue weighted by molar-refractivity contribution is 5.83. The van der Waals surface area contributed by atoms with Crippen LogP contribution in [0.4, 0.5) is 20.2 Å². The molecule has 2 saturated heterocycles. The van der Waals surface area contributed by atoms with Crippen LogP contribution in [-0.4, -0.2) is 63.6 Å². The Morgan fingerprint density at radius 2 is 1.80 bits per heavy atom. The number of benzene rings is 1. The van der Waals surface area contributed by atoms with Gasteiger partial charge in [0.1, 0.15) is 0 Å². The predicted molar refractivity (Wildman–Crippen MR) is 171 cm³/mol. The molecule has 1 aromatic carbocycles. The van der Waals surface area contributed by atoms with Crippen LogP contribution in [0.5, 0.6) is 0 Å². The molecule has 232 valence electrons. The number of anilines is 2. The Morgan fingerprint density at radius 3 is 2.55 bits per heavy atom. The molecule has 2 fully saturated rings. The van der Waals surface area contributed by atoms with Gasteiger partial charge >= 0.3 is 0 Å². The molecule has 2 aliphatic heterocycles. The average molecular weight is 602 g/mol. The van der Waals surface area contributed by atoms with Crippen LogP contribution in [0.15, 0.2) is 65.8 Å². The maximum Gasteiger partial charge on any atom is 0.280 e. The maximum absolute atomic E-state index is 14.4. The monoisotopic (exact) mass is 601 g/mol. The number of rotatable bonds is 7. The normalized spacial score (nSPS) is 20.4. The second-order valence-corrected chi connectivity index (χ2v) is 12.5. The standard InChI is InChI=1S/C34H41F2N7O/c1-23-6-7-28(17-39-23)41-13-4-5-29(21-41)43(18-25-10-12-38-24(2)15-25)20-26-19-40(3)31-16-27(8-9-30(31)33(26)44)42-14-11-32(37)34(35,36)22-42/h6-10,12,15-17,19,29,32H,4-5,11,13-14,18,20-22,37H2,1-3H3/t29-,32+/m0/s1. The van der Waals surface area contributed by atoms with Gasteiger partial charge in [0, 0.05) is 86.2 Å². The molecule has 10 heteroatoms. The van der Waals surface area contributed by atoms with Gasteiger partial charge in [-0.15, -0.1) is 0 Å². The van der Waals surface area contributed by atoms with Crippen molar-refractivity contribution in [3.8, 4) is 0 Å². The summed E-state index contributed by atoms with van der Waals surface area (Å²) in [6, 6.07) is 12.8. The number of aromatic nitrogens is 3. The van der Waals surface area contributed by atoms with Gasteiger partial charge in [-0.05, 0) is 81.1 Å². The number of alkyl halides is 2. The Morgan fingerprint density at radius 1 is 0.977 bits per heavy atom. The SMILES string of the molecule is Cc1ccc(N2CCC[C@H](N(Cc3ccnc(C)c3)Cc3cn(C)c4cc(N5CC[C@@H](N)C(F)(F)C5)ccc4c3=O)C2)cn1. The van der Waals surface area contributed by atoms with Crippen LogP contribution in [0.3, 0.4) is 0 Å². The minimum absolute atomic E-state index is 0.0260. The molecule has 5 heterocycles. The predicted octanol–water partition coefficient (Wildman–Crippen LogP) is 4.79. The summed E-state index contributed by atoms with van der Waals surface area (Å²) in [6.07, 6.45) is 7.98. The van der Waals surface area contributed by atoms with Crippen molar-refractivity contribution in [3.63, 3.8) is 0 Å². The van der Waals surface area contributed by atoms with Gasteiger partial charge in [0.15, 0.2) is 5.43 Å². The van der Waals surface area contributed by atoms with Crippen LogP contribution in [-0.2, 0) is 20.1 Å². The number of pyridine rings is 3. The van der Waals surface area contributed by atoms with Crippen molar-refractivity contribution in [2.24, 2.45) is 12.8 Å². The first-order chi connectivity index (χ1) is 21.1. The topological polar surface area (TPSA) is 83.5 Å². The number of hydrogen-bond donors (Lipinski definition) is 1. The van der Waals surface area contributed by atoms with Crippen molar-refractivity contribution in [1.82, 2.24) is 19.4 Å². The van der Waals surface area contributed by atoms with Crippen LogP contribution < -0.4 is 21.0 Å². The number of halogens is 2. The molecule has 6 rings (SSSR count). The molecule has 0 aliphatic carbocycles. The molecule has 4 aromatic rings. The minimum Gasteiger partial charge on any atom is -0.369 e. The minimum atomic E-state index is -2.95. The quantitative estimate of drug-likeness (QED) is 0.326. The highest BCUT2D eigenvalue weighted by Crippen LogP contribution is 2.31. The second-order valence-electron chi connectivity index (χ2n) is 12.5. The summed E-state index contributed by atoms with van der Waals surface area (Å²) in [6.45, 7) is 7.02. The van der Waals surface area contributed by atoms with E-state index in [0.717, 1.165) is 54.1 Å². The number of hydrogen-bond acceptors (Lipinski definition) is 7. The average Bonchev–Trinajstić information content (AvgIpc) is 3.01. The molecule has 2 atom stereocenters. The van der Waals surface area contributed by atoms with E-state index in [1.807, 2.05) is 62.3 Å². The number of fused-ring (bicyclic) bond motifs is 1. The third-order valence-electron chi connectivity index (χ3n) is 9.16. The van der Waals surface area contributed by atoms with Crippen LogP contribution in [0.2, 0.25) is 0 Å². The summed E-state index contributed by atoms with van der Waals surface area (Å²) >= 11 is 0. The van der Waals surface area contributed by atoms with E-state index in [4.69, 9.17) is 5.73 Å². The summed E-state index contributed by atoms with van der Waals surface area (Å²) in [5.41, 5.74) is 12.0. The van der Waals surface area contributed by atoms with Crippen molar-refractivity contribution in [2.45, 2.75) is 64.2 Å². The lowest BCUT2D eigenvalue weighted by Crippen LogP contribution is -2.55. The lowest BCUT2D eigenvalue weighted by molar-refractivity contribution is -0.0299. The molecule has 2 aliphatic rings. The van der Waals surface area contributed by atoms with Gasteiger partial charge in [-0.2, -0.15) is 0 Å². The molecular weight excluding hydrogens is 560 g/mol. The Bertz CT molecular complexity index is 1690. The summed E-state index contributed by atoms with van der Waals surface area (Å²) in [5, 5.41) is 0.588. The van der Waals surface area contributed by atoms with Crippen molar-refractivity contribution in [2.75, 3.05) is 36.0 Å². The molecule has 0 saturated carbocycles. The van der Waals surface area contributed by atoms with Gasteiger partial charge in [0.05, 0.1) is 30.0 Å². The zero-order valence-electron chi connectivity index (χ0n) is 25.7. The lowest BCUT2D eigenvalue weighted by Gasteiger charge is -2.40.